The van der Waals surface area contributed by atoms with Crippen molar-refractivity contribution >= 4 is 11.7 Å². The fourth-order valence-electron chi connectivity index (χ4n) is 2.73. The zero-order valence-corrected chi connectivity index (χ0v) is 15.3. The van der Waals surface area contributed by atoms with Gasteiger partial charge in [-0.05, 0) is 39.0 Å². The van der Waals surface area contributed by atoms with Gasteiger partial charge in [-0.25, -0.2) is 4.68 Å². The van der Waals surface area contributed by atoms with Crippen LogP contribution in [0.3, 0.4) is 0 Å². The maximum absolute atomic E-state index is 12.9. The first-order chi connectivity index (χ1) is 12.6. The highest BCUT2D eigenvalue weighted by Gasteiger charge is 2.31. The zero-order valence-electron chi connectivity index (χ0n) is 15.3. The molecule has 6 nitrogen and oxygen atoms in total. The molecule has 0 saturated heterocycles. The number of carbonyl (C=O) groups is 2. The third-order valence-electron chi connectivity index (χ3n) is 3.94. The Labute approximate surface area is 154 Å². The van der Waals surface area contributed by atoms with Crippen LogP contribution >= 0.6 is 0 Å². The number of nitrogens with zero attached hydrogens (tertiary/aromatic N) is 2. The third-order valence-corrected chi connectivity index (χ3v) is 3.94. The first-order valence-corrected chi connectivity index (χ1v) is 8.14. The van der Waals surface area contributed by atoms with E-state index in [1.165, 1.54) is 37.8 Å². The smallest absolute Gasteiger partial charge is 0.383 e. The molecule has 0 spiro atoms. The van der Waals surface area contributed by atoms with E-state index in [1.807, 2.05) is 0 Å². The summed E-state index contributed by atoms with van der Waals surface area (Å²) in [6.45, 7) is 4.97. The molecule has 0 fully saturated rings. The predicted octanol–water partition coefficient (Wildman–Crippen LogP) is 2.84. The molecule has 1 unspecified atom stereocenters. The lowest BCUT2D eigenvalue weighted by atomic mass is 10.1. The Morgan fingerprint density at radius 2 is 1.96 bits per heavy atom. The van der Waals surface area contributed by atoms with Gasteiger partial charge >= 0.3 is 6.18 Å². The number of hydrogen-bond acceptors (Lipinski definition) is 4. The Morgan fingerprint density at radius 3 is 2.56 bits per heavy atom. The van der Waals surface area contributed by atoms with Crippen LogP contribution in [0.2, 0.25) is 0 Å². The zero-order chi connectivity index (χ0) is 20.4. The van der Waals surface area contributed by atoms with Crippen LogP contribution in [-0.4, -0.2) is 41.2 Å². The number of Topliss-reactive ketones (excluding diaryl/α,β-unsaturated/α-hetero) is 1. The molecule has 1 amide bonds. The summed E-state index contributed by atoms with van der Waals surface area (Å²) in [6, 6.07) is 4.23. The number of aromatic nitrogens is 2. The number of alkyl halides is 3. The second kappa shape index (κ2) is 7.91. The Kier molecular flexibility index (Phi) is 6.04. The number of ketones is 1. The number of ether oxygens (including phenoxy) is 1. The highest BCUT2D eigenvalue weighted by Crippen LogP contribution is 2.30. The van der Waals surface area contributed by atoms with Gasteiger partial charge in [0.1, 0.15) is 0 Å². The molecular formula is C18H20F3N3O3. The summed E-state index contributed by atoms with van der Waals surface area (Å²) in [5.41, 5.74) is -0.0745. The van der Waals surface area contributed by atoms with Gasteiger partial charge in [-0.2, -0.15) is 18.3 Å². The predicted molar refractivity (Wildman–Crippen MR) is 91.9 cm³/mol. The number of aryl methyl sites for hydroxylation is 1. The molecule has 1 heterocycles. The number of rotatable bonds is 6. The number of amides is 1. The van der Waals surface area contributed by atoms with E-state index in [9.17, 15) is 22.8 Å². The van der Waals surface area contributed by atoms with Gasteiger partial charge in [0.15, 0.2) is 0 Å². The van der Waals surface area contributed by atoms with E-state index in [1.54, 1.807) is 6.92 Å². The summed E-state index contributed by atoms with van der Waals surface area (Å²) in [5, 5.41) is 6.66. The number of hydrogen-bond donors (Lipinski definition) is 1. The number of methoxy groups -OCH3 is 1. The molecule has 0 aliphatic rings. The molecular weight excluding hydrogens is 363 g/mol. The van der Waals surface area contributed by atoms with Crippen molar-refractivity contribution in [2.75, 3.05) is 13.7 Å². The Morgan fingerprint density at radius 1 is 1.30 bits per heavy atom. The van der Waals surface area contributed by atoms with Gasteiger partial charge in [-0.15, -0.1) is 0 Å². The molecule has 1 aromatic heterocycles. The summed E-state index contributed by atoms with van der Waals surface area (Å²) >= 11 is 0. The molecule has 0 saturated carbocycles. The number of halogens is 3. The quantitative estimate of drug-likeness (QED) is 0.615. The van der Waals surface area contributed by atoms with Gasteiger partial charge in [-0.3, -0.25) is 9.59 Å². The molecule has 0 aliphatic carbocycles. The van der Waals surface area contributed by atoms with Crippen molar-refractivity contribution < 1.29 is 27.5 Å². The molecule has 146 valence electrons. The van der Waals surface area contributed by atoms with Crippen LogP contribution in [0.1, 0.15) is 34.2 Å². The van der Waals surface area contributed by atoms with E-state index in [0.29, 0.717) is 0 Å². The summed E-state index contributed by atoms with van der Waals surface area (Å²) in [4.78, 5) is 24.7. The van der Waals surface area contributed by atoms with Gasteiger partial charge in [0, 0.05) is 13.2 Å². The average molecular weight is 383 g/mol. The van der Waals surface area contributed by atoms with Gasteiger partial charge < -0.3 is 10.1 Å². The van der Waals surface area contributed by atoms with Gasteiger partial charge in [-0.1, -0.05) is 6.07 Å². The van der Waals surface area contributed by atoms with Crippen molar-refractivity contribution in [3.63, 3.8) is 0 Å². The second-order valence-corrected chi connectivity index (χ2v) is 6.16. The van der Waals surface area contributed by atoms with Crippen LogP contribution < -0.4 is 5.32 Å². The lowest BCUT2D eigenvalue weighted by Gasteiger charge is -2.12. The lowest BCUT2D eigenvalue weighted by molar-refractivity contribution is -0.137. The Hall–Kier alpha value is -2.68. The van der Waals surface area contributed by atoms with Crippen LogP contribution in [0.5, 0.6) is 0 Å². The maximum Gasteiger partial charge on any atom is 0.416 e. The summed E-state index contributed by atoms with van der Waals surface area (Å²) < 4.78 is 44.9. The maximum atomic E-state index is 12.9. The highest BCUT2D eigenvalue weighted by molar-refractivity contribution is 6.43. The van der Waals surface area contributed by atoms with E-state index in [-0.39, 0.29) is 35.3 Å². The molecule has 0 radical (unpaired) electrons. The molecule has 0 bridgehead atoms. The van der Waals surface area contributed by atoms with Crippen LogP contribution in [0.4, 0.5) is 13.2 Å². The minimum atomic E-state index is -4.50. The number of benzene rings is 1. The molecule has 27 heavy (non-hydrogen) atoms. The first-order valence-electron chi connectivity index (χ1n) is 8.14. The molecule has 0 aliphatic heterocycles. The van der Waals surface area contributed by atoms with Crippen molar-refractivity contribution in [3.05, 3.63) is 46.8 Å². The van der Waals surface area contributed by atoms with E-state index < -0.39 is 23.4 Å². The monoisotopic (exact) mass is 383 g/mol. The van der Waals surface area contributed by atoms with E-state index in [4.69, 9.17) is 4.74 Å². The van der Waals surface area contributed by atoms with Crippen LogP contribution in [0, 0.1) is 13.8 Å². The summed E-state index contributed by atoms with van der Waals surface area (Å²) in [5.74, 6) is -1.62. The molecule has 2 aromatic rings. The lowest BCUT2D eigenvalue weighted by Crippen LogP contribution is -2.40. The Balaban J connectivity index is 2.37. The fourth-order valence-corrected chi connectivity index (χ4v) is 2.73. The van der Waals surface area contributed by atoms with Crippen molar-refractivity contribution in [3.8, 4) is 5.69 Å². The minimum Gasteiger partial charge on any atom is -0.383 e. The topological polar surface area (TPSA) is 73.2 Å². The minimum absolute atomic E-state index is 0.0644. The SMILES string of the molecule is COCC(C)NC(=O)C(=O)c1c(C)nn(-c2cccc(C(F)(F)F)c2)c1C. The van der Waals surface area contributed by atoms with Crippen LogP contribution in [-0.2, 0) is 15.7 Å². The molecule has 9 heteroatoms. The van der Waals surface area contributed by atoms with Crippen LogP contribution in [0.25, 0.3) is 5.69 Å². The average Bonchev–Trinajstić information content (AvgIpc) is 2.88. The third kappa shape index (κ3) is 4.54. The number of carbonyl (C=O) groups excluding carboxylic acids is 2. The van der Waals surface area contributed by atoms with Crippen molar-refractivity contribution in [2.45, 2.75) is 33.0 Å². The van der Waals surface area contributed by atoms with E-state index in [0.717, 1.165) is 12.1 Å². The van der Waals surface area contributed by atoms with Crippen molar-refractivity contribution in [2.24, 2.45) is 0 Å². The van der Waals surface area contributed by atoms with E-state index >= 15 is 0 Å². The highest BCUT2D eigenvalue weighted by atomic mass is 19.4. The fraction of sp³-hybridized carbons (Fsp3) is 0.389. The standard InChI is InChI=1S/C18H20F3N3O3/c1-10(9-27-4)22-17(26)16(25)15-11(2)23-24(12(15)3)14-7-5-6-13(8-14)18(19,20)21/h5-8,10H,9H2,1-4H3,(H,22,26). The summed E-state index contributed by atoms with van der Waals surface area (Å²) in [7, 11) is 1.47. The van der Waals surface area contributed by atoms with Gasteiger partial charge in [0.25, 0.3) is 11.7 Å². The molecule has 1 N–H and O–H groups in total. The normalized spacial score (nSPS) is 12.7. The van der Waals surface area contributed by atoms with Crippen molar-refractivity contribution in [1.82, 2.24) is 15.1 Å². The summed E-state index contributed by atoms with van der Waals surface area (Å²) in [6.07, 6.45) is -4.50. The number of nitrogens with one attached hydrogen (secondary N) is 1. The van der Waals surface area contributed by atoms with E-state index in [2.05, 4.69) is 10.4 Å². The molecule has 1 atom stereocenters. The largest absolute Gasteiger partial charge is 0.416 e. The Bertz CT molecular complexity index is 859. The first kappa shape index (κ1) is 20.6. The van der Waals surface area contributed by atoms with Crippen LogP contribution in [0.15, 0.2) is 24.3 Å². The molecule has 1 aromatic carbocycles. The molecule has 2 rings (SSSR count). The van der Waals surface area contributed by atoms with Gasteiger partial charge in [0.05, 0.1) is 34.8 Å². The van der Waals surface area contributed by atoms with Crippen molar-refractivity contribution in [1.29, 1.82) is 0 Å². The van der Waals surface area contributed by atoms with Gasteiger partial charge in [0.2, 0.25) is 0 Å². The second-order valence-electron chi connectivity index (χ2n) is 6.16.